The molecule has 7 nitrogen and oxygen atoms in total. The van der Waals surface area contributed by atoms with Crippen molar-refractivity contribution in [3.05, 3.63) is 0 Å². The predicted octanol–water partition coefficient (Wildman–Crippen LogP) is -0.0501. The van der Waals surface area contributed by atoms with Gasteiger partial charge in [0.2, 0.25) is 15.9 Å². The van der Waals surface area contributed by atoms with Gasteiger partial charge in [0.25, 0.3) is 0 Å². The highest BCUT2D eigenvalue weighted by Crippen LogP contribution is 2.28. The number of halogens is 1. The van der Waals surface area contributed by atoms with Gasteiger partial charge in [0.05, 0.1) is 25.0 Å². The molecule has 1 fully saturated rings. The summed E-state index contributed by atoms with van der Waals surface area (Å²) in [5.74, 6) is -0.348. The van der Waals surface area contributed by atoms with Crippen molar-refractivity contribution in [2.75, 3.05) is 38.5 Å². The summed E-state index contributed by atoms with van der Waals surface area (Å²) in [6.07, 6.45) is 0.838. The standard InChI is InChI=1S/C13H27N3O4S.ClH/c1-11(2)20-6-7-21(18,19)15-8-12(17)16-5-4-13(3,9-14)10-16;/h11,15H,4-10,14H2,1-3H3;1H. The van der Waals surface area contributed by atoms with E-state index in [1.807, 2.05) is 20.8 Å². The van der Waals surface area contributed by atoms with Crippen LogP contribution in [0, 0.1) is 5.41 Å². The van der Waals surface area contributed by atoms with E-state index in [2.05, 4.69) is 4.72 Å². The summed E-state index contributed by atoms with van der Waals surface area (Å²) >= 11 is 0. The fourth-order valence-electron chi connectivity index (χ4n) is 2.15. The number of carbonyl (C=O) groups excluding carboxylic acids is 1. The molecular weight excluding hydrogens is 330 g/mol. The van der Waals surface area contributed by atoms with Gasteiger partial charge >= 0.3 is 0 Å². The smallest absolute Gasteiger partial charge is 0.237 e. The number of nitrogens with two attached hydrogens (primary N) is 1. The molecule has 1 unspecified atom stereocenters. The second-order valence-corrected chi connectivity index (χ2v) is 8.07. The average Bonchev–Trinajstić information content (AvgIpc) is 2.79. The molecule has 1 aliphatic rings. The van der Waals surface area contributed by atoms with Gasteiger partial charge in [0, 0.05) is 13.1 Å². The number of likely N-dealkylation sites (tertiary alicyclic amines) is 1. The summed E-state index contributed by atoms with van der Waals surface area (Å²) in [6, 6.07) is 0. The molecule has 0 radical (unpaired) electrons. The highest BCUT2D eigenvalue weighted by Gasteiger charge is 2.34. The predicted molar refractivity (Wildman–Crippen MR) is 88.5 cm³/mol. The van der Waals surface area contributed by atoms with Gasteiger partial charge in [-0.2, -0.15) is 0 Å². The lowest BCUT2D eigenvalue weighted by molar-refractivity contribution is -0.129. The Hall–Kier alpha value is -0.410. The monoisotopic (exact) mass is 357 g/mol. The minimum absolute atomic E-state index is 0. The molecule has 0 bridgehead atoms. The Labute approximate surface area is 139 Å². The number of hydrogen-bond donors (Lipinski definition) is 2. The highest BCUT2D eigenvalue weighted by atomic mass is 35.5. The van der Waals surface area contributed by atoms with Crippen LogP contribution >= 0.6 is 12.4 Å². The number of nitrogens with zero attached hydrogens (tertiary/aromatic N) is 1. The topological polar surface area (TPSA) is 102 Å². The number of sulfonamides is 1. The third kappa shape index (κ3) is 7.23. The molecule has 0 aliphatic carbocycles. The lowest BCUT2D eigenvalue weighted by atomic mass is 9.90. The lowest BCUT2D eigenvalue weighted by Gasteiger charge is -2.22. The Morgan fingerprint density at radius 1 is 1.45 bits per heavy atom. The van der Waals surface area contributed by atoms with E-state index >= 15 is 0 Å². The summed E-state index contributed by atoms with van der Waals surface area (Å²) in [6.45, 7) is 7.37. The molecule has 9 heteroatoms. The van der Waals surface area contributed by atoms with Crippen molar-refractivity contribution in [1.82, 2.24) is 9.62 Å². The zero-order valence-corrected chi connectivity index (χ0v) is 15.1. The van der Waals surface area contributed by atoms with Crippen LogP contribution in [0.2, 0.25) is 0 Å². The van der Waals surface area contributed by atoms with Gasteiger partial charge in [0.15, 0.2) is 0 Å². The number of carbonyl (C=O) groups is 1. The van der Waals surface area contributed by atoms with Crippen LogP contribution in [0.5, 0.6) is 0 Å². The first-order chi connectivity index (χ1) is 9.67. The van der Waals surface area contributed by atoms with Crippen LogP contribution in [-0.4, -0.2) is 63.9 Å². The molecule has 0 aromatic rings. The summed E-state index contributed by atoms with van der Waals surface area (Å²) < 4.78 is 31.0. The van der Waals surface area contributed by atoms with Crippen LogP contribution in [0.15, 0.2) is 0 Å². The van der Waals surface area contributed by atoms with E-state index in [0.29, 0.717) is 19.6 Å². The molecular formula is C13H28ClN3O4S. The second kappa shape index (κ2) is 9.02. The van der Waals surface area contributed by atoms with Gasteiger partial charge in [-0.15, -0.1) is 12.4 Å². The maximum Gasteiger partial charge on any atom is 0.237 e. The molecule has 1 rings (SSSR count). The maximum atomic E-state index is 12.0. The molecule has 1 atom stereocenters. The number of ether oxygens (including phenoxy) is 1. The summed E-state index contributed by atoms with van der Waals surface area (Å²) in [5.41, 5.74) is 5.63. The quantitative estimate of drug-likeness (QED) is 0.634. The van der Waals surface area contributed by atoms with Crippen LogP contribution in [0.25, 0.3) is 0 Å². The van der Waals surface area contributed by atoms with Crippen LogP contribution in [-0.2, 0) is 19.6 Å². The first kappa shape index (κ1) is 21.6. The van der Waals surface area contributed by atoms with Crippen LogP contribution in [0.1, 0.15) is 27.2 Å². The molecule has 0 aromatic heterocycles. The zero-order valence-electron chi connectivity index (χ0n) is 13.5. The molecule has 3 N–H and O–H groups in total. The van der Waals surface area contributed by atoms with E-state index in [1.54, 1.807) is 4.90 Å². The first-order valence-electron chi connectivity index (χ1n) is 7.24. The van der Waals surface area contributed by atoms with Crippen molar-refractivity contribution in [2.45, 2.75) is 33.3 Å². The van der Waals surface area contributed by atoms with E-state index in [9.17, 15) is 13.2 Å². The Morgan fingerprint density at radius 2 is 2.09 bits per heavy atom. The molecule has 1 aliphatic heterocycles. The molecule has 0 spiro atoms. The second-order valence-electron chi connectivity index (χ2n) is 6.14. The molecule has 1 amide bonds. The van der Waals surface area contributed by atoms with Crippen molar-refractivity contribution in [3.8, 4) is 0 Å². The fraction of sp³-hybridized carbons (Fsp3) is 0.923. The van der Waals surface area contributed by atoms with Gasteiger partial charge in [-0.25, -0.2) is 13.1 Å². The van der Waals surface area contributed by atoms with Crippen molar-refractivity contribution in [3.63, 3.8) is 0 Å². The molecule has 0 saturated carbocycles. The van der Waals surface area contributed by atoms with Crippen LogP contribution in [0.4, 0.5) is 0 Å². The summed E-state index contributed by atoms with van der Waals surface area (Å²) in [5, 5.41) is 0. The summed E-state index contributed by atoms with van der Waals surface area (Å²) in [7, 11) is -3.48. The Kier molecular flexibility index (Phi) is 8.86. The van der Waals surface area contributed by atoms with Crippen molar-refractivity contribution < 1.29 is 17.9 Å². The number of amides is 1. The molecule has 22 heavy (non-hydrogen) atoms. The Morgan fingerprint density at radius 3 is 2.59 bits per heavy atom. The third-order valence-corrected chi connectivity index (χ3v) is 4.94. The van der Waals surface area contributed by atoms with Gasteiger partial charge in [-0.05, 0) is 32.2 Å². The van der Waals surface area contributed by atoms with E-state index in [1.165, 1.54) is 0 Å². The van der Waals surface area contributed by atoms with Gasteiger partial charge < -0.3 is 15.4 Å². The van der Waals surface area contributed by atoms with E-state index in [-0.39, 0.29) is 48.7 Å². The highest BCUT2D eigenvalue weighted by molar-refractivity contribution is 7.89. The third-order valence-electron chi connectivity index (χ3n) is 3.65. The van der Waals surface area contributed by atoms with Crippen LogP contribution in [0.3, 0.4) is 0 Å². The summed E-state index contributed by atoms with van der Waals surface area (Å²) in [4.78, 5) is 13.7. The largest absolute Gasteiger partial charge is 0.378 e. The first-order valence-corrected chi connectivity index (χ1v) is 8.89. The molecule has 1 heterocycles. The van der Waals surface area contributed by atoms with Crippen molar-refractivity contribution in [2.24, 2.45) is 11.1 Å². The number of nitrogens with one attached hydrogen (secondary N) is 1. The van der Waals surface area contributed by atoms with Crippen molar-refractivity contribution in [1.29, 1.82) is 0 Å². The lowest BCUT2D eigenvalue weighted by Crippen LogP contribution is -2.41. The van der Waals surface area contributed by atoms with Gasteiger partial charge in [-0.1, -0.05) is 6.92 Å². The van der Waals surface area contributed by atoms with E-state index < -0.39 is 10.0 Å². The zero-order chi connectivity index (χ0) is 16.1. The van der Waals surface area contributed by atoms with Crippen molar-refractivity contribution >= 4 is 28.3 Å². The average molecular weight is 358 g/mol. The minimum atomic E-state index is -3.48. The Bertz CT molecular complexity index is 458. The van der Waals surface area contributed by atoms with E-state index in [0.717, 1.165) is 6.42 Å². The molecule has 1 saturated heterocycles. The maximum absolute atomic E-state index is 12.0. The molecule has 0 aromatic carbocycles. The Balaban J connectivity index is 0.00000441. The number of rotatable bonds is 8. The van der Waals surface area contributed by atoms with Crippen LogP contribution < -0.4 is 10.5 Å². The van der Waals surface area contributed by atoms with E-state index in [4.69, 9.17) is 10.5 Å². The minimum Gasteiger partial charge on any atom is -0.378 e. The normalized spacial score (nSPS) is 22.0. The fourth-order valence-corrected chi connectivity index (χ4v) is 2.96. The number of hydrogen-bond acceptors (Lipinski definition) is 5. The molecule has 132 valence electrons. The van der Waals surface area contributed by atoms with Gasteiger partial charge in [-0.3, -0.25) is 4.79 Å². The SMILES string of the molecule is CC(C)OCCS(=O)(=O)NCC(=O)N1CCC(C)(CN)C1.Cl. The van der Waals surface area contributed by atoms with Gasteiger partial charge in [0.1, 0.15) is 0 Å².